The van der Waals surface area contributed by atoms with E-state index in [1.54, 1.807) is 6.20 Å². The summed E-state index contributed by atoms with van der Waals surface area (Å²) < 4.78 is 0. The van der Waals surface area contributed by atoms with Crippen molar-refractivity contribution in [2.75, 3.05) is 49.6 Å². The minimum absolute atomic E-state index is 0.703. The summed E-state index contributed by atoms with van der Waals surface area (Å²) in [5.74, 6) is 2.31. The first-order chi connectivity index (χ1) is 8.79. The Morgan fingerprint density at radius 1 is 1.28 bits per heavy atom. The molecule has 5 heteroatoms. The van der Waals surface area contributed by atoms with Crippen LogP contribution in [-0.2, 0) is 0 Å². The molecule has 0 spiro atoms. The van der Waals surface area contributed by atoms with Crippen LogP contribution in [0.15, 0.2) is 18.3 Å². The highest BCUT2D eigenvalue weighted by Crippen LogP contribution is 2.16. The molecule has 0 atom stereocenters. The zero-order chi connectivity index (χ0) is 12.8. The maximum absolute atomic E-state index is 5.85. The van der Waals surface area contributed by atoms with Crippen molar-refractivity contribution < 1.29 is 0 Å². The van der Waals surface area contributed by atoms with E-state index in [-0.39, 0.29) is 0 Å². The normalized spacial score (nSPS) is 17.1. The highest BCUT2D eigenvalue weighted by molar-refractivity contribution is 7.98. The fraction of sp³-hybridized carbons (Fsp3) is 0.615. The lowest BCUT2D eigenvalue weighted by atomic mass is 10.3. The van der Waals surface area contributed by atoms with Crippen molar-refractivity contribution in [1.29, 1.82) is 0 Å². The van der Waals surface area contributed by atoms with Gasteiger partial charge in [-0.3, -0.25) is 4.90 Å². The summed E-state index contributed by atoms with van der Waals surface area (Å²) in [5.41, 5.74) is 0. The Balaban J connectivity index is 1.77. The molecule has 1 saturated heterocycles. The molecule has 2 heterocycles. The van der Waals surface area contributed by atoms with Crippen LogP contribution in [0.4, 0.5) is 5.82 Å². The average Bonchev–Trinajstić information content (AvgIpc) is 2.41. The summed E-state index contributed by atoms with van der Waals surface area (Å²) in [4.78, 5) is 9.25. The van der Waals surface area contributed by atoms with E-state index in [9.17, 15) is 0 Å². The van der Waals surface area contributed by atoms with E-state index in [2.05, 4.69) is 21.0 Å². The third-order valence-electron chi connectivity index (χ3n) is 3.23. The number of pyridine rings is 1. The minimum Gasteiger partial charge on any atom is -0.354 e. The first kappa shape index (κ1) is 14.0. The van der Waals surface area contributed by atoms with E-state index in [4.69, 9.17) is 11.6 Å². The third kappa shape index (κ3) is 4.04. The van der Waals surface area contributed by atoms with Gasteiger partial charge in [-0.25, -0.2) is 4.98 Å². The van der Waals surface area contributed by atoms with Crippen LogP contribution >= 0.6 is 23.4 Å². The number of hydrogen-bond acceptors (Lipinski definition) is 4. The van der Waals surface area contributed by atoms with Crippen molar-refractivity contribution in [1.82, 2.24) is 9.88 Å². The van der Waals surface area contributed by atoms with Crippen molar-refractivity contribution in [3.8, 4) is 0 Å². The second kappa shape index (κ2) is 7.22. The Labute approximate surface area is 119 Å². The van der Waals surface area contributed by atoms with E-state index >= 15 is 0 Å². The highest BCUT2D eigenvalue weighted by Gasteiger charge is 2.17. The van der Waals surface area contributed by atoms with E-state index in [0.29, 0.717) is 5.02 Å². The first-order valence-electron chi connectivity index (χ1n) is 6.37. The molecule has 1 aliphatic rings. The lowest BCUT2D eigenvalue weighted by Gasteiger charge is -2.35. The van der Waals surface area contributed by atoms with Crippen LogP contribution < -0.4 is 4.90 Å². The summed E-state index contributed by atoms with van der Waals surface area (Å²) in [6, 6.07) is 3.92. The van der Waals surface area contributed by atoms with Crippen molar-refractivity contribution in [2.24, 2.45) is 0 Å². The second-order valence-corrected chi connectivity index (χ2v) is 5.93. The standard InChI is InChI=1S/C13H20ClN3S/c1-18-10-2-5-16-6-8-17(9-7-16)13-4-3-12(14)11-15-13/h3-4,11H,2,5-10H2,1H3. The van der Waals surface area contributed by atoms with Gasteiger partial charge in [0.2, 0.25) is 0 Å². The number of nitrogens with zero attached hydrogens (tertiary/aromatic N) is 3. The lowest BCUT2D eigenvalue weighted by Crippen LogP contribution is -2.47. The van der Waals surface area contributed by atoms with Gasteiger partial charge in [0, 0.05) is 32.4 Å². The minimum atomic E-state index is 0.703. The summed E-state index contributed by atoms with van der Waals surface area (Å²) in [7, 11) is 0. The summed E-state index contributed by atoms with van der Waals surface area (Å²) >= 11 is 7.78. The molecule has 0 unspecified atom stereocenters. The second-order valence-electron chi connectivity index (χ2n) is 4.51. The molecule has 100 valence electrons. The van der Waals surface area contributed by atoms with Crippen LogP contribution in [0.5, 0.6) is 0 Å². The summed E-state index contributed by atoms with van der Waals surface area (Å²) in [6.07, 6.45) is 5.19. The van der Waals surface area contributed by atoms with Gasteiger partial charge in [-0.2, -0.15) is 11.8 Å². The largest absolute Gasteiger partial charge is 0.354 e. The van der Waals surface area contributed by atoms with Crippen LogP contribution in [0.1, 0.15) is 6.42 Å². The number of piperazine rings is 1. The molecule has 0 aliphatic carbocycles. The van der Waals surface area contributed by atoms with Gasteiger partial charge in [0.05, 0.1) is 5.02 Å². The molecule has 1 fully saturated rings. The maximum Gasteiger partial charge on any atom is 0.128 e. The zero-order valence-corrected chi connectivity index (χ0v) is 12.4. The van der Waals surface area contributed by atoms with Crippen LogP contribution in [0, 0.1) is 0 Å². The Hall–Kier alpha value is -0.450. The Kier molecular flexibility index (Phi) is 5.60. The van der Waals surface area contributed by atoms with Crippen LogP contribution in [0.2, 0.25) is 5.02 Å². The number of aromatic nitrogens is 1. The molecular formula is C13H20ClN3S. The van der Waals surface area contributed by atoms with Crippen LogP contribution in [0.25, 0.3) is 0 Å². The smallest absolute Gasteiger partial charge is 0.128 e. The first-order valence-corrected chi connectivity index (χ1v) is 8.14. The SMILES string of the molecule is CSCCCN1CCN(c2ccc(Cl)cn2)CC1. The molecule has 18 heavy (non-hydrogen) atoms. The van der Waals surface area contributed by atoms with Gasteiger partial charge in [0.25, 0.3) is 0 Å². The van der Waals surface area contributed by atoms with Crippen LogP contribution in [-0.4, -0.2) is 54.6 Å². The number of thioether (sulfide) groups is 1. The van der Waals surface area contributed by atoms with Crippen molar-refractivity contribution >= 4 is 29.2 Å². The van der Waals surface area contributed by atoms with Crippen molar-refractivity contribution in [3.05, 3.63) is 23.4 Å². The van der Waals surface area contributed by atoms with E-state index in [1.165, 1.54) is 18.7 Å². The summed E-state index contributed by atoms with van der Waals surface area (Å²) in [5, 5.41) is 0.703. The molecule has 0 bridgehead atoms. The average molecular weight is 286 g/mol. The molecular weight excluding hydrogens is 266 g/mol. The van der Waals surface area contributed by atoms with Gasteiger partial charge in [-0.1, -0.05) is 11.6 Å². The fourth-order valence-electron chi connectivity index (χ4n) is 2.19. The highest BCUT2D eigenvalue weighted by atomic mass is 35.5. The molecule has 1 aromatic rings. The monoisotopic (exact) mass is 285 g/mol. The number of anilines is 1. The van der Waals surface area contributed by atoms with Crippen LogP contribution in [0.3, 0.4) is 0 Å². The molecule has 1 aromatic heterocycles. The Morgan fingerprint density at radius 3 is 2.67 bits per heavy atom. The number of hydrogen-bond donors (Lipinski definition) is 0. The lowest BCUT2D eigenvalue weighted by molar-refractivity contribution is 0.258. The number of rotatable bonds is 5. The Morgan fingerprint density at radius 2 is 2.06 bits per heavy atom. The quantitative estimate of drug-likeness (QED) is 0.774. The zero-order valence-electron chi connectivity index (χ0n) is 10.8. The van der Waals surface area contributed by atoms with Gasteiger partial charge in [-0.05, 0) is 37.1 Å². The molecule has 1 aliphatic heterocycles. The van der Waals surface area contributed by atoms with Crippen molar-refractivity contribution in [2.45, 2.75) is 6.42 Å². The molecule has 0 N–H and O–H groups in total. The molecule has 2 rings (SSSR count). The van der Waals surface area contributed by atoms with Crippen molar-refractivity contribution in [3.63, 3.8) is 0 Å². The van der Waals surface area contributed by atoms with E-state index < -0.39 is 0 Å². The molecule has 0 radical (unpaired) electrons. The molecule has 0 amide bonds. The van der Waals surface area contributed by atoms with Gasteiger partial charge in [0.15, 0.2) is 0 Å². The molecule has 0 aromatic carbocycles. The summed E-state index contributed by atoms with van der Waals surface area (Å²) in [6.45, 7) is 5.63. The topological polar surface area (TPSA) is 19.4 Å². The predicted octanol–water partition coefficient (Wildman–Crippen LogP) is 2.61. The maximum atomic E-state index is 5.85. The Bertz CT molecular complexity index is 350. The van der Waals surface area contributed by atoms with E-state index in [0.717, 1.165) is 32.0 Å². The van der Waals surface area contributed by atoms with Gasteiger partial charge in [0.1, 0.15) is 5.82 Å². The van der Waals surface area contributed by atoms with Gasteiger partial charge < -0.3 is 4.90 Å². The third-order valence-corrected chi connectivity index (χ3v) is 4.15. The van der Waals surface area contributed by atoms with Gasteiger partial charge in [-0.15, -0.1) is 0 Å². The fourth-order valence-corrected chi connectivity index (χ4v) is 2.72. The molecule has 0 saturated carbocycles. The molecule has 3 nitrogen and oxygen atoms in total. The number of halogens is 1. The van der Waals surface area contributed by atoms with Gasteiger partial charge >= 0.3 is 0 Å². The van der Waals surface area contributed by atoms with E-state index in [1.807, 2.05) is 23.9 Å². The predicted molar refractivity (Wildman–Crippen MR) is 80.9 cm³/mol.